The van der Waals surface area contributed by atoms with Crippen LogP contribution in [0.2, 0.25) is 0 Å². The van der Waals surface area contributed by atoms with E-state index in [4.69, 9.17) is 4.74 Å². The fourth-order valence-electron chi connectivity index (χ4n) is 2.78. The number of hydrogen-bond donors (Lipinski definition) is 1. The number of ether oxygens (including phenoxy) is 1. The van der Waals surface area contributed by atoms with Crippen molar-refractivity contribution < 1.29 is 13.2 Å². The number of benzene rings is 2. The first-order chi connectivity index (χ1) is 10.6. The molecule has 1 saturated heterocycles. The van der Waals surface area contributed by atoms with Gasteiger partial charge < -0.3 is 4.74 Å². The van der Waals surface area contributed by atoms with Gasteiger partial charge in [-0.15, -0.1) is 0 Å². The van der Waals surface area contributed by atoms with E-state index in [0.29, 0.717) is 26.3 Å². The molecular weight excluding hydrogens is 300 g/mol. The van der Waals surface area contributed by atoms with Gasteiger partial charge in [-0.2, -0.15) is 17.4 Å². The second-order valence-corrected chi connectivity index (χ2v) is 7.13. The molecule has 0 bridgehead atoms. The molecule has 0 radical (unpaired) electrons. The molecule has 1 unspecified atom stereocenters. The summed E-state index contributed by atoms with van der Waals surface area (Å²) in [6.07, 6.45) is 0. The molecule has 0 spiro atoms. The van der Waals surface area contributed by atoms with E-state index in [1.165, 1.54) is 4.31 Å². The van der Waals surface area contributed by atoms with Gasteiger partial charge in [0.15, 0.2) is 0 Å². The molecule has 2 aromatic carbocycles. The summed E-state index contributed by atoms with van der Waals surface area (Å²) in [6.45, 7) is 3.57. The van der Waals surface area contributed by atoms with Crippen LogP contribution in [0.1, 0.15) is 18.5 Å². The van der Waals surface area contributed by atoms with Gasteiger partial charge in [-0.05, 0) is 23.3 Å². The number of rotatable bonds is 4. The van der Waals surface area contributed by atoms with E-state index in [9.17, 15) is 8.42 Å². The highest BCUT2D eigenvalue weighted by molar-refractivity contribution is 7.87. The molecule has 6 heteroatoms. The smallest absolute Gasteiger partial charge is 0.280 e. The molecule has 1 N–H and O–H groups in total. The van der Waals surface area contributed by atoms with E-state index < -0.39 is 10.2 Å². The summed E-state index contributed by atoms with van der Waals surface area (Å²) >= 11 is 0. The monoisotopic (exact) mass is 320 g/mol. The van der Waals surface area contributed by atoms with E-state index in [1.807, 2.05) is 49.4 Å². The van der Waals surface area contributed by atoms with E-state index in [-0.39, 0.29) is 6.04 Å². The standard InChI is InChI=1S/C16H20N2O3S/c1-13(17-22(19,20)18-9-11-21-12-10-18)15-8-4-6-14-5-2-3-7-16(14)15/h2-8,13,17H,9-12H2,1H3. The largest absolute Gasteiger partial charge is 0.379 e. The van der Waals surface area contributed by atoms with Crippen LogP contribution in [0.4, 0.5) is 0 Å². The van der Waals surface area contributed by atoms with Gasteiger partial charge in [-0.25, -0.2) is 0 Å². The minimum Gasteiger partial charge on any atom is -0.379 e. The molecule has 1 fully saturated rings. The van der Waals surface area contributed by atoms with Crippen LogP contribution < -0.4 is 4.72 Å². The number of hydrogen-bond acceptors (Lipinski definition) is 3. The third-order valence-corrected chi connectivity index (χ3v) is 5.62. The lowest BCUT2D eigenvalue weighted by Gasteiger charge is -2.28. The van der Waals surface area contributed by atoms with E-state index in [1.54, 1.807) is 0 Å². The summed E-state index contributed by atoms with van der Waals surface area (Å²) in [4.78, 5) is 0. The van der Waals surface area contributed by atoms with Crippen LogP contribution in [0.15, 0.2) is 42.5 Å². The summed E-state index contributed by atoms with van der Waals surface area (Å²) in [7, 11) is -3.50. The van der Waals surface area contributed by atoms with Gasteiger partial charge in [0.25, 0.3) is 10.2 Å². The number of nitrogens with zero attached hydrogens (tertiary/aromatic N) is 1. The van der Waals surface area contributed by atoms with E-state index >= 15 is 0 Å². The normalized spacial score (nSPS) is 18.4. The number of morpholine rings is 1. The lowest BCUT2D eigenvalue weighted by molar-refractivity contribution is 0.0723. The van der Waals surface area contributed by atoms with Crippen LogP contribution in [0.5, 0.6) is 0 Å². The Morgan fingerprint density at radius 3 is 2.55 bits per heavy atom. The number of nitrogens with one attached hydrogen (secondary N) is 1. The Hall–Kier alpha value is -1.47. The fraction of sp³-hybridized carbons (Fsp3) is 0.375. The summed E-state index contributed by atoms with van der Waals surface area (Å²) in [5, 5.41) is 2.18. The van der Waals surface area contributed by atoms with Crippen molar-refractivity contribution in [1.29, 1.82) is 0 Å². The molecule has 1 heterocycles. The van der Waals surface area contributed by atoms with Crippen molar-refractivity contribution in [2.75, 3.05) is 26.3 Å². The van der Waals surface area contributed by atoms with Crippen molar-refractivity contribution in [3.8, 4) is 0 Å². The molecular formula is C16H20N2O3S. The zero-order valence-corrected chi connectivity index (χ0v) is 13.3. The first-order valence-corrected chi connectivity index (χ1v) is 8.85. The summed E-state index contributed by atoms with van der Waals surface area (Å²) < 4.78 is 34.4. The lowest BCUT2D eigenvalue weighted by Crippen LogP contribution is -2.47. The van der Waals surface area contributed by atoms with Crippen LogP contribution in [0.3, 0.4) is 0 Å². The van der Waals surface area contributed by atoms with Crippen molar-refractivity contribution >= 4 is 21.0 Å². The molecule has 5 nitrogen and oxygen atoms in total. The molecule has 0 saturated carbocycles. The Morgan fingerprint density at radius 2 is 1.77 bits per heavy atom. The van der Waals surface area contributed by atoms with Crippen molar-refractivity contribution in [2.24, 2.45) is 0 Å². The minimum atomic E-state index is -3.50. The molecule has 1 atom stereocenters. The Kier molecular flexibility index (Phi) is 4.44. The molecule has 22 heavy (non-hydrogen) atoms. The molecule has 0 aliphatic carbocycles. The van der Waals surface area contributed by atoms with Gasteiger partial charge >= 0.3 is 0 Å². The quantitative estimate of drug-likeness (QED) is 0.938. The minimum absolute atomic E-state index is 0.293. The summed E-state index contributed by atoms with van der Waals surface area (Å²) in [6, 6.07) is 13.7. The first-order valence-electron chi connectivity index (χ1n) is 7.41. The Bertz CT molecular complexity index is 750. The summed E-state index contributed by atoms with van der Waals surface area (Å²) in [5.41, 5.74) is 0.981. The van der Waals surface area contributed by atoms with Crippen LogP contribution in [-0.2, 0) is 14.9 Å². The van der Waals surface area contributed by atoms with Gasteiger partial charge in [0.2, 0.25) is 0 Å². The Labute approximate surface area is 131 Å². The van der Waals surface area contributed by atoms with Crippen molar-refractivity contribution in [1.82, 2.24) is 9.03 Å². The average Bonchev–Trinajstić information content (AvgIpc) is 2.54. The zero-order valence-electron chi connectivity index (χ0n) is 12.5. The Balaban J connectivity index is 1.85. The molecule has 0 amide bonds. The van der Waals surface area contributed by atoms with E-state index in [2.05, 4.69) is 4.72 Å². The van der Waals surface area contributed by atoms with E-state index in [0.717, 1.165) is 16.3 Å². The van der Waals surface area contributed by atoms with Crippen LogP contribution in [-0.4, -0.2) is 39.0 Å². The topological polar surface area (TPSA) is 58.6 Å². The van der Waals surface area contributed by atoms with Crippen molar-refractivity contribution in [3.63, 3.8) is 0 Å². The highest BCUT2D eigenvalue weighted by atomic mass is 32.2. The predicted molar refractivity (Wildman–Crippen MR) is 86.8 cm³/mol. The molecule has 0 aromatic heterocycles. The third kappa shape index (κ3) is 3.15. The van der Waals surface area contributed by atoms with Crippen molar-refractivity contribution in [2.45, 2.75) is 13.0 Å². The molecule has 118 valence electrons. The second-order valence-electron chi connectivity index (χ2n) is 5.42. The van der Waals surface area contributed by atoms with Gasteiger partial charge in [0.05, 0.1) is 13.2 Å². The maximum absolute atomic E-state index is 12.5. The van der Waals surface area contributed by atoms with Gasteiger partial charge in [0.1, 0.15) is 0 Å². The fourth-order valence-corrected chi connectivity index (χ4v) is 4.13. The SMILES string of the molecule is CC(NS(=O)(=O)N1CCOCC1)c1cccc2ccccc12. The zero-order chi connectivity index (χ0) is 15.6. The molecule has 2 aromatic rings. The average molecular weight is 320 g/mol. The molecule has 1 aliphatic heterocycles. The molecule has 3 rings (SSSR count). The predicted octanol–water partition coefficient (Wildman–Crippen LogP) is 2.07. The van der Waals surface area contributed by atoms with Crippen LogP contribution in [0, 0.1) is 0 Å². The highest BCUT2D eigenvalue weighted by Crippen LogP contribution is 2.24. The van der Waals surface area contributed by atoms with Crippen LogP contribution >= 0.6 is 0 Å². The van der Waals surface area contributed by atoms with Gasteiger partial charge in [-0.1, -0.05) is 42.5 Å². The van der Waals surface area contributed by atoms with Gasteiger partial charge in [-0.3, -0.25) is 0 Å². The van der Waals surface area contributed by atoms with Crippen molar-refractivity contribution in [3.05, 3.63) is 48.0 Å². The molecule has 1 aliphatic rings. The number of fused-ring (bicyclic) bond motifs is 1. The first kappa shape index (κ1) is 15.4. The second kappa shape index (κ2) is 6.34. The third-order valence-electron chi connectivity index (χ3n) is 3.93. The maximum atomic E-state index is 12.5. The lowest BCUT2D eigenvalue weighted by atomic mass is 10.0. The maximum Gasteiger partial charge on any atom is 0.280 e. The van der Waals surface area contributed by atoms with Gasteiger partial charge in [0, 0.05) is 19.1 Å². The Morgan fingerprint density at radius 1 is 1.09 bits per heavy atom. The highest BCUT2D eigenvalue weighted by Gasteiger charge is 2.26. The van der Waals surface area contributed by atoms with Crippen LogP contribution in [0.25, 0.3) is 10.8 Å². The summed E-state index contributed by atoms with van der Waals surface area (Å²) in [5.74, 6) is 0.